The third-order valence-electron chi connectivity index (χ3n) is 3.14. The molecular formula is C16H17NO2. The van der Waals surface area contributed by atoms with E-state index in [-0.39, 0.29) is 11.7 Å². The van der Waals surface area contributed by atoms with E-state index < -0.39 is 0 Å². The third kappa shape index (κ3) is 2.76. The minimum Gasteiger partial charge on any atom is -0.507 e. The molecule has 0 aliphatic carbocycles. The second-order valence-electron chi connectivity index (χ2n) is 4.73. The highest BCUT2D eigenvalue weighted by atomic mass is 16.3. The normalized spacial score (nSPS) is 10.3. The summed E-state index contributed by atoms with van der Waals surface area (Å²) in [4.78, 5) is 12.2. The van der Waals surface area contributed by atoms with Crippen molar-refractivity contribution in [1.29, 1.82) is 0 Å². The van der Waals surface area contributed by atoms with Crippen LogP contribution in [0.25, 0.3) is 0 Å². The second-order valence-corrected chi connectivity index (χ2v) is 4.73. The van der Waals surface area contributed by atoms with Gasteiger partial charge in [-0.25, -0.2) is 0 Å². The number of rotatable bonds is 2. The number of carbonyl (C=O) groups is 1. The van der Waals surface area contributed by atoms with Crippen molar-refractivity contribution in [2.24, 2.45) is 0 Å². The molecule has 0 aliphatic heterocycles. The van der Waals surface area contributed by atoms with Crippen LogP contribution in [0, 0.1) is 20.8 Å². The van der Waals surface area contributed by atoms with Crippen molar-refractivity contribution in [1.82, 2.24) is 0 Å². The van der Waals surface area contributed by atoms with Gasteiger partial charge in [-0.1, -0.05) is 18.2 Å². The number of amides is 1. The van der Waals surface area contributed by atoms with Crippen LogP contribution in [0.4, 0.5) is 5.69 Å². The van der Waals surface area contributed by atoms with E-state index in [1.54, 1.807) is 18.2 Å². The zero-order valence-electron chi connectivity index (χ0n) is 11.3. The number of aromatic hydroxyl groups is 1. The number of aryl methyl sites for hydroxylation is 3. The summed E-state index contributed by atoms with van der Waals surface area (Å²) in [5.74, 6) is 0.136. The van der Waals surface area contributed by atoms with Gasteiger partial charge in [-0.2, -0.15) is 0 Å². The van der Waals surface area contributed by atoms with Gasteiger partial charge in [0.2, 0.25) is 0 Å². The zero-order chi connectivity index (χ0) is 14.0. The number of phenols is 1. The lowest BCUT2D eigenvalue weighted by Crippen LogP contribution is -2.13. The van der Waals surface area contributed by atoms with Crippen molar-refractivity contribution in [3.05, 3.63) is 58.7 Å². The first-order valence-electron chi connectivity index (χ1n) is 6.16. The van der Waals surface area contributed by atoms with E-state index in [0.29, 0.717) is 11.3 Å². The zero-order valence-corrected chi connectivity index (χ0v) is 11.3. The number of anilines is 1. The van der Waals surface area contributed by atoms with Crippen molar-refractivity contribution in [2.45, 2.75) is 20.8 Å². The summed E-state index contributed by atoms with van der Waals surface area (Å²) < 4.78 is 0. The molecule has 0 atom stereocenters. The molecule has 0 saturated carbocycles. The molecule has 0 bridgehead atoms. The van der Waals surface area contributed by atoms with Crippen LogP contribution in [0.3, 0.4) is 0 Å². The maximum Gasteiger partial charge on any atom is 0.255 e. The van der Waals surface area contributed by atoms with Gasteiger partial charge >= 0.3 is 0 Å². The Labute approximate surface area is 112 Å². The van der Waals surface area contributed by atoms with Gasteiger partial charge in [0.05, 0.1) is 0 Å². The first-order chi connectivity index (χ1) is 8.99. The lowest BCUT2D eigenvalue weighted by molar-refractivity contribution is 0.102. The standard InChI is InChI=1S/C16H17NO2/c1-10-6-4-5-7-14(10)16(19)17-13-8-11(2)15(18)12(3)9-13/h4-9,18H,1-3H3,(H,17,19). The average Bonchev–Trinajstić information content (AvgIpc) is 2.36. The van der Waals surface area contributed by atoms with Crippen LogP contribution >= 0.6 is 0 Å². The van der Waals surface area contributed by atoms with Gasteiger partial charge in [0.15, 0.2) is 0 Å². The van der Waals surface area contributed by atoms with Gasteiger partial charge in [0.25, 0.3) is 5.91 Å². The molecule has 0 aromatic heterocycles. The fourth-order valence-corrected chi connectivity index (χ4v) is 2.05. The van der Waals surface area contributed by atoms with Crippen LogP contribution in [-0.2, 0) is 0 Å². The minimum absolute atomic E-state index is 0.136. The Balaban J connectivity index is 2.27. The molecule has 0 spiro atoms. The summed E-state index contributed by atoms with van der Waals surface area (Å²) in [6, 6.07) is 11.0. The monoisotopic (exact) mass is 255 g/mol. The van der Waals surface area contributed by atoms with Crippen LogP contribution in [0.15, 0.2) is 36.4 Å². The molecule has 98 valence electrons. The smallest absolute Gasteiger partial charge is 0.255 e. The van der Waals surface area contributed by atoms with Crippen molar-refractivity contribution in [3.63, 3.8) is 0 Å². The van der Waals surface area contributed by atoms with Crippen LogP contribution in [0.1, 0.15) is 27.0 Å². The van der Waals surface area contributed by atoms with Gasteiger partial charge in [0.1, 0.15) is 5.75 Å². The maximum absolute atomic E-state index is 12.2. The first kappa shape index (κ1) is 13.1. The van der Waals surface area contributed by atoms with E-state index in [2.05, 4.69) is 5.32 Å². The Morgan fingerprint density at radius 1 is 1.00 bits per heavy atom. The number of hydrogen-bond donors (Lipinski definition) is 2. The highest BCUT2D eigenvalue weighted by Crippen LogP contribution is 2.26. The predicted octanol–water partition coefficient (Wildman–Crippen LogP) is 3.57. The molecule has 0 unspecified atom stereocenters. The molecule has 0 aliphatic rings. The molecule has 2 N–H and O–H groups in total. The van der Waals surface area contributed by atoms with E-state index >= 15 is 0 Å². The molecule has 2 aromatic carbocycles. The summed E-state index contributed by atoms with van der Waals surface area (Å²) in [6.45, 7) is 5.53. The Morgan fingerprint density at radius 2 is 1.58 bits per heavy atom. The lowest BCUT2D eigenvalue weighted by Gasteiger charge is -2.10. The number of nitrogens with one attached hydrogen (secondary N) is 1. The average molecular weight is 255 g/mol. The largest absolute Gasteiger partial charge is 0.507 e. The molecule has 0 heterocycles. The summed E-state index contributed by atoms with van der Waals surface area (Å²) in [7, 11) is 0. The maximum atomic E-state index is 12.2. The number of carbonyl (C=O) groups excluding carboxylic acids is 1. The molecular weight excluding hydrogens is 238 g/mol. The topological polar surface area (TPSA) is 49.3 Å². The van der Waals surface area contributed by atoms with Crippen molar-refractivity contribution in [3.8, 4) is 5.75 Å². The molecule has 19 heavy (non-hydrogen) atoms. The van der Waals surface area contributed by atoms with E-state index in [1.165, 1.54) is 0 Å². The van der Waals surface area contributed by atoms with E-state index in [0.717, 1.165) is 16.7 Å². The van der Waals surface area contributed by atoms with E-state index in [4.69, 9.17) is 0 Å². The lowest BCUT2D eigenvalue weighted by atomic mass is 10.1. The van der Waals surface area contributed by atoms with Gasteiger partial charge in [-0.15, -0.1) is 0 Å². The Bertz CT molecular complexity index is 609. The SMILES string of the molecule is Cc1ccccc1C(=O)Nc1cc(C)c(O)c(C)c1. The number of benzene rings is 2. The molecule has 3 heteroatoms. The molecule has 1 amide bonds. The van der Waals surface area contributed by atoms with Crippen molar-refractivity contribution in [2.75, 3.05) is 5.32 Å². The van der Waals surface area contributed by atoms with Gasteiger partial charge < -0.3 is 10.4 Å². The summed E-state index contributed by atoms with van der Waals surface area (Å²) in [5, 5.41) is 12.6. The third-order valence-corrected chi connectivity index (χ3v) is 3.14. The predicted molar refractivity (Wildman–Crippen MR) is 76.7 cm³/mol. The Morgan fingerprint density at radius 3 is 2.16 bits per heavy atom. The summed E-state index contributed by atoms with van der Waals surface area (Å²) >= 11 is 0. The van der Waals surface area contributed by atoms with Gasteiger partial charge in [-0.3, -0.25) is 4.79 Å². The summed E-state index contributed by atoms with van der Waals surface area (Å²) in [5.41, 5.74) is 3.79. The minimum atomic E-state index is -0.136. The van der Waals surface area contributed by atoms with Crippen LogP contribution in [-0.4, -0.2) is 11.0 Å². The van der Waals surface area contributed by atoms with Crippen LogP contribution < -0.4 is 5.32 Å². The van der Waals surface area contributed by atoms with Crippen molar-refractivity contribution < 1.29 is 9.90 Å². The molecule has 3 nitrogen and oxygen atoms in total. The second kappa shape index (κ2) is 5.14. The van der Waals surface area contributed by atoms with Crippen molar-refractivity contribution >= 4 is 11.6 Å². The fourth-order valence-electron chi connectivity index (χ4n) is 2.05. The Kier molecular flexibility index (Phi) is 3.56. The fraction of sp³-hybridized carbons (Fsp3) is 0.188. The van der Waals surface area contributed by atoms with Crippen LogP contribution in [0.2, 0.25) is 0 Å². The van der Waals surface area contributed by atoms with E-state index in [1.807, 2.05) is 39.0 Å². The molecule has 2 rings (SSSR count). The molecule has 0 saturated heterocycles. The highest BCUT2D eigenvalue weighted by molar-refractivity contribution is 6.05. The highest BCUT2D eigenvalue weighted by Gasteiger charge is 2.10. The van der Waals surface area contributed by atoms with Gasteiger partial charge in [0, 0.05) is 11.3 Å². The number of phenolic OH excluding ortho intramolecular Hbond substituents is 1. The molecule has 0 fully saturated rings. The molecule has 0 radical (unpaired) electrons. The summed E-state index contributed by atoms with van der Waals surface area (Å²) in [6.07, 6.45) is 0. The number of hydrogen-bond acceptors (Lipinski definition) is 2. The van der Waals surface area contributed by atoms with Crippen LogP contribution in [0.5, 0.6) is 5.75 Å². The molecule has 2 aromatic rings. The quantitative estimate of drug-likeness (QED) is 0.806. The van der Waals surface area contributed by atoms with E-state index in [9.17, 15) is 9.90 Å². The van der Waals surface area contributed by atoms with Gasteiger partial charge in [-0.05, 0) is 55.7 Å². The first-order valence-corrected chi connectivity index (χ1v) is 6.16. The Hall–Kier alpha value is -2.29.